The summed E-state index contributed by atoms with van der Waals surface area (Å²) < 4.78 is 10.4. The van der Waals surface area contributed by atoms with E-state index in [1.165, 1.54) is 19.2 Å². The van der Waals surface area contributed by atoms with Crippen molar-refractivity contribution in [2.45, 2.75) is 0 Å². The molecule has 0 radical (unpaired) electrons. The molecule has 8 nitrogen and oxygen atoms in total. The van der Waals surface area contributed by atoms with Gasteiger partial charge in [-0.3, -0.25) is 9.59 Å². The average molecular weight is 467 g/mol. The SMILES string of the molecule is COc1ccc(N=C2C(C(=O)OC3=C(O)C(=O)c4ccccc4C3=O)=C(O)c3ccccc32)cc1. The summed E-state index contributed by atoms with van der Waals surface area (Å²) in [7, 11) is 1.53. The third kappa shape index (κ3) is 3.57. The Morgan fingerprint density at radius 3 is 1.94 bits per heavy atom. The molecule has 0 amide bonds. The Morgan fingerprint density at radius 1 is 0.743 bits per heavy atom. The summed E-state index contributed by atoms with van der Waals surface area (Å²) in [5, 5.41) is 21.2. The van der Waals surface area contributed by atoms with Crippen LogP contribution in [0.1, 0.15) is 31.8 Å². The van der Waals surface area contributed by atoms with Gasteiger partial charge in [-0.1, -0.05) is 48.5 Å². The number of aliphatic imine (C=N–C) groups is 1. The van der Waals surface area contributed by atoms with Crippen molar-refractivity contribution in [3.63, 3.8) is 0 Å². The average Bonchev–Trinajstić information content (AvgIpc) is 3.17. The van der Waals surface area contributed by atoms with E-state index in [9.17, 15) is 24.6 Å². The predicted octanol–water partition coefficient (Wildman–Crippen LogP) is 4.49. The molecule has 0 heterocycles. The molecule has 5 rings (SSSR count). The van der Waals surface area contributed by atoms with E-state index in [0.29, 0.717) is 22.6 Å². The summed E-state index contributed by atoms with van der Waals surface area (Å²) in [6, 6.07) is 19.3. The molecule has 0 bridgehead atoms. The molecule has 0 unspecified atom stereocenters. The summed E-state index contributed by atoms with van der Waals surface area (Å²) in [4.78, 5) is 43.2. The molecule has 0 spiro atoms. The summed E-state index contributed by atoms with van der Waals surface area (Å²) in [6.07, 6.45) is 0. The Morgan fingerprint density at radius 2 is 1.31 bits per heavy atom. The molecular formula is C27H17NO7. The van der Waals surface area contributed by atoms with Crippen LogP contribution in [-0.2, 0) is 9.53 Å². The van der Waals surface area contributed by atoms with E-state index in [1.54, 1.807) is 60.7 Å². The molecule has 2 N–H and O–H groups in total. The quantitative estimate of drug-likeness (QED) is 0.542. The minimum Gasteiger partial charge on any atom is -0.506 e. The van der Waals surface area contributed by atoms with Crippen LogP contribution in [0.3, 0.4) is 0 Å². The normalized spacial score (nSPS) is 15.9. The number of hydrogen-bond donors (Lipinski definition) is 2. The standard InChI is InChI=1S/C27H17NO7/c1-34-15-12-10-14(11-13-15)28-21-16-6-2-3-7-17(16)22(29)20(21)27(33)35-26-24(31)19-9-5-4-8-18(19)23(30)25(26)32/h2-13,29,32H,1H3. The van der Waals surface area contributed by atoms with Gasteiger partial charge in [0.05, 0.1) is 18.5 Å². The van der Waals surface area contributed by atoms with Gasteiger partial charge in [0.2, 0.25) is 23.1 Å². The first-order valence-corrected chi connectivity index (χ1v) is 10.5. The highest BCUT2D eigenvalue weighted by molar-refractivity contribution is 6.36. The lowest BCUT2D eigenvalue weighted by Crippen LogP contribution is -2.26. The number of ketones is 2. The molecule has 0 fully saturated rings. The number of aliphatic hydroxyl groups excluding tert-OH is 2. The van der Waals surface area contributed by atoms with Crippen LogP contribution in [0.25, 0.3) is 5.76 Å². The van der Waals surface area contributed by atoms with Crippen molar-refractivity contribution < 1.29 is 34.1 Å². The number of hydrogen-bond acceptors (Lipinski definition) is 8. The van der Waals surface area contributed by atoms with Crippen LogP contribution in [0.2, 0.25) is 0 Å². The van der Waals surface area contributed by atoms with E-state index in [2.05, 4.69) is 4.99 Å². The van der Waals surface area contributed by atoms with E-state index < -0.39 is 34.8 Å². The maximum absolute atomic E-state index is 13.3. The number of carbonyl (C=O) groups is 3. The Labute approximate surface area is 199 Å². The Kier molecular flexibility index (Phi) is 5.25. The fourth-order valence-corrected chi connectivity index (χ4v) is 3.95. The van der Waals surface area contributed by atoms with Crippen molar-refractivity contribution in [3.05, 3.63) is 112 Å². The molecule has 8 heteroatoms. The van der Waals surface area contributed by atoms with Crippen LogP contribution >= 0.6 is 0 Å². The Balaban J connectivity index is 1.56. The second kappa shape index (κ2) is 8.42. The summed E-state index contributed by atoms with van der Waals surface area (Å²) >= 11 is 0. The fraction of sp³-hybridized carbons (Fsp3) is 0.0370. The van der Waals surface area contributed by atoms with Gasteiger partial charge >= 0.3 is 5.97 Å². The minimum absolute atomic E-state index is 0.00173. The van der Waals surface area contributed by atoms with E-state index >= 15 is 0 Å². The third-order valence-electron chi connectivity index (χ3n) is 5.68. The topological polar surface area (TPSA) is 122 Å². The number of aliphatic hydroxyl groups is 2. The number of rotatable bonds is 4. The summed E-state index contributed by atoms with van der Waals surface area (Å²) in [5.74, 6) is -4.38. The zero-order valence-corrected chi connectivity index (χ0v) is 18.3. The number of carbonyl (C=O) groups excluding carboxylic acids is 3. The summed E-state index contributed by atoms with van der Waals surface area (Å²) in [5.41, 5.74) is 1.11. The van der Waals surface area contributed by atoms with Gasteiger partial charge in [-0.15, -0.1) is 0 Å². The van der Waals surface area contributed by atoms with E-state index in [4.69, 9.17) is 9.47 Å². The van der Waals surface area contributed by atoms with Crippen molar-refractivity contribution >= 4 is 34.7 Å². The molecule has 172 valence electrons. The molecule has 2 aliphatic rings. The van der Waals surface area contributed by atoms with Crippen LogP contribution in [0.15, 0.2) is 94.9 Å². The van der Waals surface area contributed by atoms with E-state index in [0.717, 1.165) is 0 Å². The van der Waals surface area contributed by atoms with Gasteiger partial charge in [-0.2, -0.15) is 0 Å². The molecule has 35 heavy (non-hydrogen) atoms. The first-order chi connectivity index (χ1) is 16.9. The predicted molar refractivity (Wildman–Crippen MR) is 126 cm³/mol. The second-order valence-electron chi connectivity index (χ2n) is 7.70. The fourth-order valence-electron chi connectivity index (χ4n) is 3.95. The smallest absolute Gasteiger partial charge is 0.349 e. The van der Waals surface area contributed by atoms with Crippen molar-refractivity contribution in [2.24, 2.45) is 4.99 Å². The number of benzene rings is 3. The summed E-state index contributed by atoms with van der Waals surface area (Å²) in [6.45, 7) is 0. The first-order valence-electron chi connectivity index (χ1n) is 10.5. The molecule has 0 aliphatic heterocycles. The first kappa shape index (κ1) is 21.8. The monoisotopic (exact) mass is 467 g/mol. The molecule has 0 aromatic heterocycles. The van der Waals surface area contributed by atoms with E-state index in [1.807, 2.05) is 0 Å². The van der Waals surface area contributed by atoms with Gasteiger partial charge in [-0.25, -0.2) is 9.79 Å². The largest absolute Gasteiger partial charge is 0.506 e. The van der Waals surface area contributed by atoms with Crippen molar-refractivity contribution in [3.8, 4) is 5.75 Å². The lowest BCUT2D eigenvalue weighted by molar-refractivity contribution is -0.134. The zero-order valence-electron chi connectivity index (χ0n) is 18.3. The van der Waals surface area contributed by atoms with Crippen molar-refractivity contribution in [1.29, 1.82) is 0 Å². The maximum Gasteiger partial charge on any atom is 0.349 e. The zero-order chi connectivity index (χ0) is 24.7. The molecule has 0 atom stereocenters. The number of Topliss-reactive ketones (excluding diaryl/α,β-unsaturated/α-hetero) is 2. The molecule has 2 aliphatic carbocycles. The highest BCUT2D eigenvalue weighted by atomic mass is 16.5. The van der Waals surface area contributed by atoms with Gasteiger partial charge in [-0.05, 0) is 24.3 Å². The van der Waals surface area contributed by atoms with Gasteiger partial charge < -0.3 is 19.7 Å². The van der Waals surface area contributed by atoms with Crippen LogP contribution in [0, 0.1) is 0 Å². The number of allylic oxidation sites excluding steroid dienone is 2. The third-order valence-corrected chi connectivity index (χ3v) is 5.68. The molecular weight excluding hydrogens is 450 g/mol. The van der Waals surface area contributed by atoms with Gasteiger partial charge in [0, 0.05) is 22.3 Å². The minimum atomic E-state index is -1.15. The number of esters is 1. The maximum atomic E-state index is 13.3. The number of methoxy groups -OCH3 is 1. The van der Waals surface area contributed by atoms with Crippen LogP contribution in [-0.4, -0.2) is 40.6 Å². The van der Waals surface area contributed by atoms with E-state index in [-0.39, 0.29) is 22.4 Å². The number of nitrogens with zero attached hydrogens (tertiary/aromatic N) is 1. The van der Waals surface area contributed by atoms with Crippen molar-refractivity contribution in [1.82, 2.24) is 0 Å². The molecule has 0 saturated heterocycles. The highest BCUT2D eigenvalue weighted by Crippen LogP contribution is 2.35. The van der Waals surface area contributed by atoms with Crippen molar-refractivity contribution in [2.75, 3.05) is 7.11 Å². The van der Waals surface area contributed by atoms with Gasteiger partial charge in [0.1, 0.15) is 17.1 Å². The number of ether oxygens (including phenoxy) is 2. The Bertz CT molecular complexity index is 1510. The lowest BCUT2D eigenvalue weighted by atomic mass is 9.92. The van der Waals surface area contributed by atoms with Gasteiger partial charge in [0.15, 0.2) is 0 Å². The molecule has 0 saturated carbocycles. The van der Waals surface area contributed by atoms with Crippen LogP contribution in [0.4, 0.5) is 5.69 Å². The Hall–Kier alpha value is -4.98. The van der Waals surface area contributed by atoms with Crippen LogP contribution in [0.5, 0.6) is 5.75 Å². The number of fused-ring (bicyclic) bond motifs is 2. The second-order valence-corrected chi connectivity index (χ2v) is 7.70. The van der Waals surface area contributed by atoms with Crippen LogP contribution < -0.4 is 4.74 Å². The molecule has 3 aromatic rings. The highest BCUT2D eigenvalue weighted by Gasteiger charge is 2.39. The van der Waals surface area contributed by atoms with Gasteiger partial charge in [0.25, 0.3) is 0 Å². The molecule has 3 aromatic carbocycles. The lowest BCUT2D eigenvalue weighted by Gasteiger charge is -2.17.